The summed E-state index contributed by atoms with van der Waals surface area (Å²) in [5.41, 5.74) is 1.57. The molecule has 1 N–H and O–H groups in total. The maximum Gasteiger partial charge on any atom is 0.262 e. The number of methoxy groups -OCH3 is 1. The molecule has 6 rings (SSSR count). The molecule has 2 heterocycles. The average Bonchev–Trinajstić information content (AvgIpc) is 3.31. The summed E-state index contributed by atoms with van der Waals surface area (Å²) < 4.78 is 24.3. The summed E-state index contributed by atoms with van der Waals surface area (Å²) >= 11 is 7.43. The summed E-state index contributed by atoms with van der Waals surface area (Å²) in [6.45, 7) is 0.582. The van der Waals surface area contributed by atoms with E-state index in [0.29, 0.717) is 17.4 Å². The predicted molar refractivity (Wildman–Crippen MR) is 170 cm³/mol. The van der Waals surface area contributed by atoms with E-state index in [2.05, 4.69) is 0 Å². The van der Waals surface area contributed by atoms with Crippen LogP contribution >= 0.6 is 23.4 Å². The lowest BCUT2D eigenvalue weighted by Crippen LogP contribution is -2.65. The zero-order valence-corrected chi connectivity index (χ0v) is 26.0. The van der Waals surface area contributed by atoms with Gasteiger partial charge in [0.15, 0.2) is 0 Å². The van der Waals surface area contributed by atoms with Gasteiger partial charge in [0.1, 0.15) is 35.5 Å². The highest BCUT2D eigenvalue weighted by atomic mass is 35.5. The Balaban J connectivity index is 1.31. The second-order valence-corrected chi connectivity index (χ2v) is 12.4. The standard InChI is InChI=1S/C35H32ClNO7S/c1-41-25-15-11-23(12-16-25)20-43-32-29(21-42-19-22-7-3-2-4-8-22)44-35(45-26-17-13-24(36)14-18-26)30(31(32)38)37-33(39)27-9-5-6-10-28(27)34(37)40/h2-18,29-32,35,38H,19-21H2,1H3/t29-,30-,31-,32-,35+/m1/s1. The predicted octanol–water partition coefficient (Wildman–Crippen LogP) is 5.99. The van der Waals surface area contributed by atoms with Gasteiger partial charge in [-0.15, -0.1) is 0 Å². The molecule has 2 amide bonds. The normalized spacial score (nSPS) is 22.8. The number of carbonyl (C=O) groups is 2. The third-order valence-electron chi connectivity index (χ3n) is 7.83. The Labute approximate surface area is 270 Å². The number of hydrogen-bond donors (Lipinski definition) is 1. The molecule has 0 bridgehead atoms. The molecule has 45 heavy (non-hydrogen) atoms. The monoisotopic (exact) mass is 645 g/mol. The van der Waals surface area contributed by atoms with Crippen LogP contribution in [-0.2, 0) is 27.4 Å². The lowest BCUT2D eigenvalue weighted by molar-refractivity contribution is -0.208. The van der Waals surface area contributed by atoms with Gasteiger partial charge in [-0.3, -0.25) is 14.5 Å². The van der Waals surface area contributed by atoms with Crippen LogP contribution in [0.1, 0.15) is 31.8 Å². The van der Waals surface area contributed by atoms with Crippen LogP contribution in [0.2, 0.25) is 5.02 Å². The van der Waals surface area contributed by atoms with Crippen LogP contribution in [0.15, 0.2) is 108 Å². The number of amides is 2. The molecular weight excluding hydrogens is 614 g/mol. The highest BCUT2D eigenvalue weighted by Gasteiger charge is 2.54. The lowest BCUT2D eigenvalue weighted by Gasteiger charge is -2.46. The van der Waals surface area contributed by atoms with E-state index in [0.717, 1.165) is 20.9 Å². The number of benzene rings is 4. The molecule has 10 heteroatoms. The van der Waals surface area contributed by atoms with E-state index in [1.165, 1.54) is 11.8 Å². The van der Waals surface area contributed by atoms with Gasteiger partial charge in [0, 0.05) is 9.92 Å². The number of halogens is 1. The van der Waals surface area contributed by atoms with E-state index in [-0.39, 0.29) is 24.3 Å². The Bertz CT molecular complexity index is 1580. The number of fused-ring (bicyclic) bond motifs is 1. The molecule has 8 nitrogen and oxygen atoms in total. The van der Waals surface area contributed by atoms with E-state index >= 15 is 0 Å². The SMILES string of the molecule is COc1ccc(CO[C@H]2[C@H](O)[C@@H](N3C(=O)c4ccccc4C3=O)[C@H](Sc3ccc(Cl)cc3)O[C@@H]2COCc2ccccc2)cc1. The maximum atomic E-state index is 13.7. The first-order chi connectivity index (χ1) is 21.9. The number of nitrogens with zero attached hydrogens (tertiary/aromatic N) is 1. The van der Waals surface area contributed by atoms with Crippen LogP contribution in [0.4, 0.5) is 0 Å². The summed E-state index contributed by atoms with van der Waals surface area (Å²) in [6, 6.07) is 29.9. The fourth-order valence-electron chi connectivity index (χ4n) is 5.52. The summed E-state index contributed by atoms with van der Waals surface area (Å²) in [5, 5.41) is 12.7. The van der Waals surface area contributed by atoms with Crippen molar-refractivity contribution in [3.63, 3.8) is 0 Å². The third kappa shape index (κ3) is 6.94. The van der Waals surface area contributed by atoms with E-state index in [1.54, 1.807) is 43.5 Å². The van der Waals surface area contributed by atoms with Crippen LogP contribution in [0, 0.1) is 0 Å². The van der Waals surface area contributed by atoms with E-state index in [9.17, 15) is 14.7 Å². The van der Waals surface area contributed by atoms with Crippen molar-refractivity contribution in [2.24, 2.45) is 0 Å². The smallest absolute Gasteiger partial charge is 0.262 e. The van der Waals surface area contributed by atoms with E-state index in [4.69, 9.17) is 30.5 Å². The van der Waals surface area contributed by atoms with Crippen LogP contribution in [0.25, 0.3) is 0 Å². The molecule has 5 atom stereocenters. The molecule has 2 aliphatic rings. The van der Waals surface area contributed by atoms with Gasteiger partial charge in [-0.1, -0.05) is 78.0 Å². The topological polar surface area (TPSA) is 94.5 Å². The average molecular weight is 646 g/mol. The Hall–Kier alpha value is -3.70. The summed E-state index contributed by atoms with van der Waals surface area (Å²) in [5.74, 6) is -0.269. The van der Waals surface area contributed by atoms with Gasteiger partial charge >= 0.3 is 0 Å². The number of aliphatic hydroxyl groups is 1. The van der Waals surface area contributed by atoms with Crippen molar-refractivity contribution in [3.8, 4) is 5.75 Å². The molecule has 2 aliphatic heterocycles. The molecule has 0 aromatic heterocycles. The molecule has 1 fully saturated rings. The third-order valence-corrected chi connectivity index (χ3v) is 9.24. The molecule has 0 saturated carbocycles. The Kier molecular flexibility index (Phi) is 9.85. The fourth-order valence-corrected chi connectivity index (χ4v) is 6.83. The highest BCUT2D eigenvalue weighted by Crippen LogP contribution is 2.40. The van der Waals surface area contributed by atoms with Crippen LogP contribution < -0.4 is 4.74 Å². The van der Waals surface area contributed by atoms with Gasteiger partial charge in [0.25, 0.3) is 11.8 Å². The van der Waals surface area contributed by atoms with Gasteiger partial charge in [-0.25, -0.2) is 0 Å². The number of hydrogen-bond acceptors (Lipinski definition) is 8. The number of carbonyl (C=O) groups excluding carboxylic acids is 2. The Morgan fingerprint density at radius 1 is 0.822 bits per heavy atom. The second-order valence-electron chi connectivity index (χ2n) is 10.7. The van der Waals surface area contributed by atoms with Crippen LogP contribution in [0.5, 0.6) is 5.75 Å². The first kappa shape index (κ1) is 31.3. The van der Waals surface area contributed by atoms with Crippen molar-refractivity contribution in [3.05, 3.63) is 130 Å². The van der Waals surface area contributed by atoms with Crippen molar-refractivity contribution in [2.45, 2.75) is 47.9 Å². The van der Waals surface area contributed by atoms with Gasteiger partial charge in [-0.2, -0.15) is 0 Å². The second kappa shape index (κ2) is 14.2. The van der Waals surface area contributed by atoms with Gasteiger partial charge in [-0.05, 0) is 59.7 Å². The summed E-state index contributed by atoms with van der Waals surface area (Å²) in [4.78, 5) is 29.3. The molecule has 0 aliphatic carbocycles. The summed E-state index contributed by atoms with van der Waals surface area (Å²) in [7, 11) is 1.60. The van der Waals surface area contributed by atoms with Crippen molar-refractivity contribution in [2.75, 3.05) is 13.7 Å². The fraction of sp³-hybridized carbons (Fsp3) is 0.257. The zero-order chi connectivity index (χ0) is 31.3. The van der Waals surface area contributed by atoms with E-state index in [1.807, 2.05) is 66.7 Å². The minimum absolute atomic E-state index is 0.103. The Morgan fingerprint density at radius 3 is 2.09 bits per heavy atom. The lowest BCUT2D eigenvalue weighted by atomic mass is 9.96. The van der Waals surface area contributed by atoms with Crippen molar-refractivity contribution in [1.82, 2.24) is 4.90 Å². The van der Waals surface area contributed by atoms with Crippen LogP contribution in [0.3, 0.4) is 0 Å². The molecular formula is C35H32ClNO7S. The van der Waals surface area contributed by atoms with E-state index < -0.39 is 41.6 Å². The molecule has 232 valence electrons. The minimum atomic E-state index is -1.30. The number of imide groups is 1. The van der Waals surface area contributed by atoms with Crippen molar-refractivity contribution < 1.29 is 33.6 Å². The minimum Gasteiger partial charge on any atom is -0.497 e. The number of thioether (sulfide) groups is 1. The number of rotatable bonds is 11. The molecule has 1 saturated heterocycles. The number of aliphatic hydroxyl groups excluding tert-OH is 1. The molecule has 0 radical (unpaired) electrons. The quantitative estimate of drug-likeness (QED) is 0.199. The Morgan fingerprint density at radius 2 is 1.44 bits per heavy atom. The first-order valence-corrected chi connectivity index (χ1v) is 15.8. The molecule has 4 aromatic rings. The molecule has 4 aromatic carbocycles. The maximum absolute atomic E-state index is 13.7. The molecule has 0 spiro atoms. The zero-order valence-electron chi connectivity index (χ0n) is 24.5. The number of ether oxygens (including phenoxy) is 4. The van der Waals surface area contributed by atoms with Gasteiger partial charge < -0.3 is 24.1 Å². The van der Waals surface area contributed by atoms with Gasteiger partial charge in [0.05, 0.1) is 38.1 Å². The van der Waals surface area contributed by atoms with Crippen molar-refractivity contribution >= 4 is 35.2 Å². The molecule has 0 unspecified atom stereocenters. The summed E-state index contributed by atoms with van der Waals surface area (Å²) in [6.07, 6.45) is -2.95. The highest BCUT2D eigenvalue weighted by molar-refractivity contribution is 7.99. The largest absolute Gasteiger partial charge is 0.497 e. The van der Waals surface area contributed by atoms with Crippen molar-refractivity contribution in [1.29, 1.82) is 0 Å². The van der Waals surface area contributed by atoms with Crippen LogP contribution in [-0.4, -0.2) is 65.3 Å². The van der Waals surface area contributed by atoms with Gasteiger partial charge in [0.2, 0.25) is 0 Å². The first-order valence-electron chi connectivity index (χ1n) is 14.5.